The highest BCUT2D eigenvalue weighted by Gasteiger charge is 2.26. The smallest absolute Gasteiger partial charge is 0.242 e. The van der Waals surface area contributed by atoms with Gasteiger partial charge in [0.05, 0.1) is 12.8 Å². The predicted molar refractivity (Wildman–Crippen MR) is 81.6 cm³/mol. The molecule has 6 heteroatoms. The molecule has 0 bridgehead atoms. The number of nitrogens with zero attached hydrogens (tertiary/aromatic N) is 1. The monoisotopic (exact) mass is 304 g/mol. The van der Waals surface area contributed by atoms with Crippen molar-refractivity contribution in [2.24, 2.45) is 0 Å². The minimum Gasteiger partial charge on any atom is -0.497 e. The average molecular weight is 304 g/mol. The Balaban J connectivity index is 2.19. The van der Waals surface area contributed by atoms with Gasteiger partial charge in [-0.25, -0.2) is 13.1 Å². The molecule has 0 saturated heterocycles. The van der Waals surface area contributed by atoms with Gasteiger partial charge in [0.2, 0.25) is 10.0 Å². The molecule has 1 aliphatic heterocycles. The summed E-state index contributed by atoms with van der Waals surface area (Å²) in [6, 6.07) is 14.8. The zero-order chi connectivity index (χ0) is 14.9. The van der Waals surface area contributed by atoms with E-state index < -0.39 is 10.0 Å². The summed E-state index contributed by atoms with van der Waals surface area (Å²) in [5.41, 5.74) is 1.62. The normalized spacial score (nSPS) is 16.9. The van der Waals surface area contributed by atoms with Crippen LogP contribution in [0.1, 0.15) is 0 Å². The van der Waals surface area contributed by atoms with Crippen molar-refractivity contribution in [3.8, 4) is 5.75 Å². The maximum atomic E-state index is 12.3. The molecule has 2 aromatic rings. The molecule has 0 spiro atoms. The maximum Gasteiger partial charge on any atom is 0.242 e. The second-order valence-corrected chi connectivity index (χ2v) is 6.45. The maximum absolute atomic E-state index is 12.3. The molecule has 0 saturated carbocycles. The van der Waals surface area contributed by atoms with Gasteiger partial charge in [0.1, 0.15) is 10.6 Å². The summed E-state index contributed by atoms with van der Waals surface area (Å²) < 4.78 is 32.4. The lowest BCUT2D eigenvalue weighted by atomic mass is 10.2. The van der Waals surface area contributed by atoms with E-state index in [2.05, 4.69) is 4.72 Å². The first-order chi connectivity index (χ1) is 10.1. The number of fused-ring (bicyclic) bond motifs is 1. The Morgan fingerprint density at radius 2 is 1.90 bits per heavy atom. The third-order valence-corrected chi connectivity index (χ3v) is 4.93. The summed E-state index contributed by atoms with van der Waals surface area (Å²) in [6.07, 6.45) is 0. The third kappa shape index (κ3) is 2.59. The van der Waals surface area contributed by atoms with Crippen LogP contribution >= 0.6 is 0 Å². The quantitative estimate of drug-likeness (QED) is 0.923. The summed E-state index contributed by atoms with van der Waals surface area (Å²) in [5, 5.41) is 0. The highest BCUT2D eigenvalue weighted by atomic mass is 32.2. The van der Waals surface area contributed by atoms with Crippen LogP contribution in [0, 0.1) is 0 Å². The Labute approximate surface area is 124 Å². The number of sulfonamides is 1. The Morgan fingerprint density at radius 1 is 1.14 bits per heavy atom. The minimum atomic E-state index is -3.52. The van der Waals surface area contributed by atoms with E-state index in [0.29, 0.717) is 24.5 Å². The first-order valence-corrected chi connectivity index (χ1v) is 8.10. The van der Waals surface area contributed by atoms with Gasteiger partial charge in [-0.15, -0.1) is 0 Å². The highest BCUT2D eigenvalue weighted by Crippen LogP contribution is 2.35. The molecule has 0 atom stereocenters. The molecule has 0 radical (unpaired) electrons. The molecule has 5 nitrogen and oxygen atoms in total. The molecule has 110 valence electrons. The van der Waals surface area contributed by atoms with E-state index in [4.69, 9.17) is 4.74 Å². The minimum absolute atomic E-state index is 0.239. The van der Waals surface area contributed by atoms with E-state index in [1.807, 2.05) is 35.2 Å². The van der Waals surface area contributed by atoms with Crippen LogP contribution in [0.3, 0.4) is 0 Å². The molecule has 0 amide bonds. The van der Waals surface area contributed by atoms with E-state index in [-0.39, 0.29) is 4.90 Å². The predicted octanol–water partition coefficient (Wildman–Crippen LogP) is 2.13. The van der Waals surface area contributed by atoms with Crippen LogP contribution in [-0.4, -0.2) is 28.6 Å². The standard InChI is InChI=1S/C15H16N2O3S/c1-20-13-7-8-14-15(11-13)21(18,19)16-9-10-17(14)12-5-3-2-4-6-12/h2-8,11,16H,9-10H2,1H3. The molecule has 1 aliphatic rings. The van der Waals surface area contributed by atoms with Crippen molar-refractivity contribution in [2.75, 3.05) is 25.1 Å². The van der Waals surface area contributed by atoms with E-state index in [1.54, 1.807) is 18.2 Å². The molecule has 1 heterocycles. The number of para-hydroxylation sites is 1. The third-order valence-electron chi connectivity index (χ3n) is 3.44. The van der Waals surface area contributed by atoms with Crippen LogP contribution in [0.4, 0.5) is 11.4 Å². The van der Waals surface area contributed by atoms with Gasteiger partial charge in [0, 0.05) is 24.8 Å². The molecular weight excluding hydrogens is 288 g/mol. The SMILES string of the molecule is COc1ccc2c(c1)S(=O)(=O)NCCN2c1ccccc1. The molecule has 1 N–H and O–H groups in total. The fourth-order valence-corrected chi connectivity index (χ4v) is 3.67. The molecule has 0 fully saturated rings. The van der Waals surface area contributed by atoms with Gasteiger partial charge < -0.3 is 9.64 Å². The average Bonchev–Trinajstić information content (AvgIpc) is 2.64. The Hall–Kier alpha value is -2.05. The summed E-state index contributed by atoms with van der Waals surface area (Å²) in [5.74, 6) is 0.522. The van der Waals surface area contributed by atoms with E-state index in [1.165, 1.54) is 7.11 Å². The van der Waals surface area contributed by atoms with Crippen molar-refractivity contribution in [1.82, 2.24) is 4.72 Å². The number of methoxy groups -OCH3 is 1. The zero-order valence-electron chi connectivity index (χ0n) is 11.6. The number of hydrogen-bond donors (Lipinski definition) is 1. The Kier molecular flexibility index (Phi) is 3.57. The fourth-order valence-electron chi connectivity index (χ4n) is 2.43. The number of nitrogens with one attached hydrogen (secondary N) is 1. The van der Waals surface area contributed by atoms with Gasteiger partial charge in [-0.2, -0.15) is 0 Å². The molecule has 0 unspecified atom stereocenters. The topological polar surface area (TPSA) is 58.6 Å². The van der Waals surface area contributed by atoms with Crippen LogP contribution in [-0.2, 0) is 10.0 Å². The number of rotatable bonds is 2. The molecule has 0 aliphatic carbocycles. The molecule has 0 aromatic heterocycles. The van der Waals surface area contributed by atoms with Crippen LogP contribution in [0.25, 0.3) is 0 Å². The van der Waals surface area contributed by atoms with Gasteiger partial charge >= 0.3 is 0 Å². The van der Waals surface area contributed by atoms with Crippen molar-refractivity contribution in [3.05, 3.63) is 48.5 Å². The number of benzene rings is 2. The van der Waals surface area contributed by atoms with Crippen molar-refractivity contribution in [1.29, 1.82) is 0 Å². The number of anilines is 2. The van der Waals surface area contributed by atoms with E-state index >= 15 is 0 Å². The lowest BCUT2D eigenvalue weighted by Gasteiger charge is -2.24. The van der Waals surface area contributed by atoms with Crippen molar-refractivity contribution in [3.63, 3.8) is 0 Å². The molecule has 2 aromatic carbocycles. The van der Waals surface area contributed by atoms with Gasteiger partial charge in [-0.1, -0.05) is 18.2 Å². The van der Waals surface area contributed by atoms with Crippen LogP contribution in [0.15, 0.2) is 53.4 Å². The number of ether oxygens (including phenoxy) is 1. The lowest BCUT2D eigenvalue weighted by molar-refractivity contribution is 0.413. The summed E-state index contributed by atoms with van der Waals surface area (Å²) in [6.45, 7) is 0.927. The van der Waals surface area contributed by atoms with Gasteiger partial charge in [-0.05, 0) is 24.3 Å². The molecular formula is C15H16N2O3S. The lowest BCUT2D eigenvalue weighted by Crippen LogP contribution is -2.27. The second-order valence-electron chi connectivity index (χ2n) is 4.72. The summed E-state index contributed by atoms with van der Waals surface area (Å²) >= 11 is 0. The first kappa shape index (κ1) is 13.9. The van der Waals surface area contributed by atoms with E-state index in [9.17, 15) is 8.42 Å². The summed E-state index contributed by atoms with van der Waals surface area (Å²) in [4.78, 5) is 2.23. The number of hydrogen-bond acceptors (Lipinski definition) is 4. The van der Waals surface area contributed by atoms with Gasteiger partial charge in [0.15, 0.2) is 0 Å². The second kappa shape index (κ2) is 5.38. The van der Waals surface area contributed by atoms with Crippen LogP contribution in [0.2, 0.25) is 0 Å². The fraction of sp³-hybridized carbons (Fsp3) is 0.200. The van der Waals surface area contributed by atoms with Crippen molar-refractivity contribution in [2.45, 2.75) is 4.90 Å². The largest absolute Gasteiger partial charge is 0.497 e. The van der Waals surface area contributed by atoms with Crippen molar-refractivity contribution >= 4 is 21.4 Å². The van der Waals surface area contributed by atoms with Gasteiger partial charge in [-0.3, -0.25) is 0 Å². The van der Waals surface area contributed by atoms with Crippen LogP contribution in [0.5, 0.6) is 5.75 Å². The molecule has 3 rings (SSSR count). The van der Waals surface area contributed by atoms with E-state index in [0.717, 1.165) is 5.69 Å². The van der Waals surface area contributed by atoms with Crippen LogP contribution < -0.4 is 14.4 Å². The highest BCUT2D eigenvalue weighted by molar-refractivity contribution is 7.89. The Morgan fingerprint density at radius 3 is 2.62 bits per heavy atom. The van der Waals surface area contributed by atoms with Crippen molar-refractivity contribution < 1.29 is 13.2 Å². The Bertz CT molecular complexity index is 745. The van der Waals surface area contributed by atoms with Gasteiger partial charge in [0.25, 0.3) is 0 Å². The molecule has 21 heavy (non-hydrogen) atoms. The first-order valence-electron chi connectivity index (χ1n) is 6.62. The zero-order valence-corrected chi connectivity index (χ0v) is 12.4. The summed E-state index contributed by atoms with van der Waals surface area (Å²) in [7, 11) is -2.00.